The van der Waals surface area contributed by atoms with Crippen LogP contribution < -0.4 is 5.32 Å². The fourth-order valence-electron chi connectivity index (χ4n) is 4.99. The van der Waals surface area contributed by atoms with Crippen molar-refractivity contribution in [3.8, 4) is 11.1 Å². The molecule has 204 valence electrons. The van der Waals surface area contributed by atoms with Gasteiger partial charge in [0.15, 0.2) is 0 Å². The number of fused-ring (bicyclic) bond motifs is 3. The minimum Gasteiger partial charge on any atom is -0.449 e. The summed E-state index contributed by atoms with van der Waals surface area (Å²) in [6.07, 6.45) is 1.37. The first-order valence-corrected chi connectivity index (χ1v) is 13.9. The van der Waals surface area contributed by atoms with E-state index in [0.717, 1.165) is 16.7 Å². The molecular formula is C31H30BClN2O4S. The van der Waals surface area contributed by atoms with Crippen molar-refractivity contribution in [2.45, 2.75) is 44.8 Å². The van der Waals surface area contributed by atoms with Gasteiger partial charge in [-0.15, -0.1) is 0 Å². The molecule has 0 aromatic heterocycles. The van der Waals surface area contributed by atoms with Crippen LogP contribution in [0.25, 0.3) is 17.2 Å². The highest BCUT2D eigenvalue weighted by Gasteiger charge is 2.52. The molecule has 5 rings (SSSR count). The lowest BCUT2D eigenvalue weighted by Crippen LogP contribution is -2.41. The maximum Gasteiger partial charge on any atom is 0.492 e. The Kier molecular flexibility index (Phi) is 8.00. The third-order valence-corrected chi connectivity index (χ3v) is 8.22. The van der Waals surface area contributed by atoms with Gasteiger partial charge in [0.25, 0.3) is 0 Å². The fourth-order valence-corrected chi connectivity index (χ4v) is 5.32. The van der Waals surface area contributed by atoms with Gasteiger partial charge < -0.3 is 19.4 Å². The van der Waals surface area contributed by atoms with E-state index in [4.69, 9.17) is 37.9 Å². The van der Waals surface area contributed by atoms with Crippen molar-refractivity contribution in [3.63, 3.8) is 0 Å². The van der Waals surface area contributed by atoms with Gasteiger partial charge in [0.05, 0.1) is 27.1 Å². The molecule has 1 amide bonds. The summed E-state index contributed by atoms with van der Waals surface area (Å²) in [6.45, 7) is 8.33. The monoisotopic (exact) mass is 572 g/mol. The third kappa shape index (κ3) is 5.64. The molecule has 9 heteroatoms. The van der Waals surface area contributed by atoms with Crippen LogP contribution in [0.4, 0.5) is 10.5 Å². The molecule has 1 aliphatic heterocycles. The topological polar surface area (TPSA) is 69.2 Å². The van der Waals surface area contributed by atoms with Crippen LogP contribution in [0.5, 0.6) is 0 Å². The summed E-state index contributed by atoms with van der Waals surface area (Å²) < 4.78 is 18.3. The first kappa shape index (κ1) is 28.3. The van der Waals surface area contributed by atoms with Crippen LogP contribution >= 0.6 is 23.8 Å². The van der Waals surface area contributed by atoms with E-state index in [9.17, 15) is 4.79 Å². The lowest BCUT2D eigenvalue weighted by molar-refractivity contribution is 0.00578. The van der Waals surface area contributed by atoms with Crippen LogP contribution in [0.3, 0.4) is 0 Å². The molecule has 6 nitrogen and oxygen atoms in total. The molecule has 40 heavy (non-hydrogen) atoms. The number of aliphatic imine (C=N–C) groups is 1. The quantitative estimate of drug-likeness (QED) is 0.179. The minimum atomic E-state index is -0.670. The summed E-state index contributed by atoms with van der Waals surface area (Å²) in [6, 6.07) is 21.9. The highest BCUT2D eigenvalue weighted by molar-refractivity contribution is 7.78. The van der Waals surface area contributed by atoms with Crippen LogP contribution in [0.2, 0.25) is 5.02 Å². The maximum absolute atomic E-state index is 12.9. The molecule has 1 heterocycles. The Morgan fingerprint density at radius 1 is 1.05 bits per heavy atom. The number of carbonyl (C=O) groups excluding carboxylic acids is 1. The first-order valence-electron chi connectivity index (χ1n) is 13.1. The summed E-state index contributed by atoms with van der Waals surface area (Å²) >= 11 is 11.1. The fraction of sp³-hybridized carbons (Fsp3) is 0.290. The van der Waals surface area contributed by atoms with Crippen molar-refractivity contribution in [2.24, 2.45) is 4.99 Å². The first-order chi connectivity index (χ1) is 19.1. The number of rotatable bonds is 7. The lowest BCUT2D eigenvalue weighted by Gasteiger charge is -2.32. The average molecular weight is 573 g/mol. The second kappa shape index (κ2) is 11.3. The smallest absolute Gasteiger partial charge is 0.449 e. The molecule has 1 saturated heterocycles. The van der Waals surface area contributed by atoms with Gasteiger partial charge in [-0.05, 0) is 85.3 Å². The second-order valence-corrected chi connectivity index (χ2v) is 11.5. The van der Waals surface area contributed by atoms with Gasteiger partial charge in [-0.1, -0.05) is 72.3 Å². The molecule has 0 radical (unpaired) electrons. The van der Waals surface area contributed by atoms with Gasteiger partial charge in [-0.2, -0.15) is 4.99 Å². The van der Waals surface area contributed by atoms with E-state index in [2.05, 4.69) is 39.7 Å². The Bertz CT molecular complexity index is 1470. The van der Waals surface area contributed by atoms with Gasteiger partial charge in [-0.3, -0.25) is 0 Å². The normalized spacial score (nSPS) is 17.1. The highest BCUT2D eigenvalue weighted by Crippen LogP contribution is 2.44. The average Bonchev–Trinajstić information content (AvgIpc) is 3.35. The van der Waals surface area contributed by atoms with E-state index in [1.54, 1.807) is 12.1 Å². The summed E-state index contributed by atoms with van der Waals surface area (Å²) in [5.74, 6) is -0.0214. The molecule has 2 aliphatic rings. The number of nitrogens with one attached hydrogen (secondary N) is 1. The number of benzene rings is 3. The number of thiocarbonyl (C=S) groups is 1. The van der Waals surface area contributed by atoms with Crippen molar-refractivity contribution in [3.05, 3.63) is 93.9 Å². The number of alkyl carbamates (subject to hydrolysis) is 1. The third-order valence-electron chi connectivity index (χ3n) is 7.83. The predicted octanol–water partition coefficient (Wildman–Crippen LogP) is 7.63. The number of carbonyl (C=O) groups is 1. The molecule has 0 spiro atoms. The minimum absolute atomic E-state index is 0.0214. The van der Waals surface area contributed by atoms with Crippen molar-refractivity contribution in [1.29, 1.82) is 0 Å². The van der Waals surface area contributed by atoms with Gasteiger partial charge in [0.1, 0.15) is 6.61 Å². The number of hydrogen-bond acceptors (Lipinski definition) is 6. The maximum atomic E-state index is 12.9. The molecule has 0 atom stereocenters. The zero-order chi connectivity index (χ0) is 28.5. The zero-order valence-electron chi connectivity index (χ0n) is 22.9. The standard InChI is InChI=1S/C31H30BClN2O4S/c1-30(2)31(3,4)39-32(38-30)21(15-20-13-14-28(35-19-40)27(33)16-20)17-34-29(36)37-18-26-24-11-7-5-9-22(24)23-10-6-8-12-25(23)26/h5-16,26H,17-18H2,1-4H3,(H,34,36). The van der Waals surface area contributed by atoms with Crippen LogP contribution in [0.1, 0.15) is 50.3 Å². The van der Waals surface area contributed by atoms with Crippen molar-refractivity contribution in [2.75, 3.05) is 13.2 Å². The highest BCUT2D eigenvalue weighted by atomic mass is 35.5. The Hall–Kier alpha value is -3.26. The van der Waals surface area contributed by atoms with Crippen LogP contribution in [-0.2, 0) is 14.0 Å². The lowest BCUT2D eigenvalue weighted by atomic mass is 9.77. The van der Waals surface area contributed by atoms with Gasteiger partial charge >= 0.3 is 13.2 Å². The van der Waals surface area contributed by atoms with E-state index in [1.165, 1.54) is 11.1 Å². The van der Waals surface area contributed by atoms with Crippen LogP contribution in [0.15, 0.2) is 77.2 Å². The molecule has 1 fully saturated rings. The summed E-state index contributed by atoms with van der Waals surface area (Å²) in [4.78, 5) is 16.9. The van der Waals surface area contributed by atoms with Crippen molar-refractivity contribution in [1.82, 2.24) is 5.32 Å². The number of hydrogen-bond donors (Lipinski definition) is 1. The van der Waals surface area contributed by atoms with Crippen LogP contribution in [0, 0.1) is 0 Å². The number of halogens is 1. The molecule has 1 aliphatic carbocycles. The summed E-state index contributed by atoms with van der Waals surface area (Å²) in [5.41, 5.74) is 5.63. The molecular weight excluding hydrogens is 543 g/mol. The van der Waals surface area contributed by atoms with E-state index >= 15 is 0 Å². The predicted molar refractivity (Wildman–Crippen MR) is 163 cm³/mol. The summed E-state index contributed by atoms with van der Waals surface area (Å²) in [5, 5.41) is 5.65. The van der Waals surface area contributed by atoms with E-state index in [0.29, 0.717) is 16.2 Å². The van der Waals surface area contributed by atoms with Gasteiger partial charge in [0.2, 0.25) is 0 Å². The van der Waals surface area contributed by atoms with Crippen molar-refractivity contribution < 1.29 is 18.8 Å². The molecule has 1 N–H and O–H groups in total. The number of isothiocyanates is 1. The molecule has 3 aromatic rings. The van der Waals surface area contributed by atoms with Gasteiger partial charge in [0, 0.05) is 12.5 Å². The second-order valence-electron chi connectivity index (χ2n) is 10.9. The number of nitrogens with zero attached hydrogens (tertiary/aromatic N) is 1. The number of ether oxygens (including phenoxy) is 1. The Labute approximate surface area is 245 Å². The largest absolute Gasteiger partial charge is 0.492 e. The number of amides is 1. The summed E-state index contributed by atoms with van der Waals surface area (Å²) in [7, 11) is -0.670. The molecule has 3 aromatic carbocycles. The van der Waals surface area contributed by atoms with Crippen LogP contribution in [-0.4, -0.2) is 42.7 Å². The Morgan fingerprint density at radius 2 is 1.65 bits per heavy atom. The molecule has 0 unspecified atom stereocenters. The van der Waals surface area contributed by atoms with E-state index in [1.807, 2.05) is 64.1 Å². The molecule has 0 saturated carbocycles. The Balaban J connectivity index is 1.32. The van der Waals surface area contributed by atoms with Gasteiger partial charge in [-0.25, -0.2) is 4.79 Å². The van der Waals surface area contributed by atoms with E-state index in [-0.39, 0.29) is 19.1 Å². The Morgan fingerprint density at radius 3 is 2.23 bits per heavy atom. The van der Waals surface area contributed by atoms with Crippen molar-refractivity contribution >= 4 is 54.0 Å². The SMILES string of the molecule is CC1(C)OB(C(=Cc2ccc(N=C=S)c(Cl)c2)CNC(=O)OCC2c3ccccc3-c3ccccc32)OC1(C)C. The zero-order valence-corrected chi connectivity index (χ0v) is 24.4. The van der Waals surface area contributed by atoms with E-state index < -0.39 is 24.4 Å². The molecule has 0 bridgehead atoms.